The molecule has 0 aliphatic heterocycles. The van der Waals surface area contributed by atoms with Crippen molar-refractivity contribution in [3.63, 3.8) is 0 Å². The number of rotatable bonds is 6. The van der Waals surface area contributed by atoms with E-state index in [4.69, 9.17) is 5.11 Å². The van der Waals surface area contributed by atoms with E-state index in [-0.39, 0.29) is 9.09 Å². The number of carboxylic acids is 1. The molecule has 2 N–H and O–H groups in total. The van der Waals surface area contributed by atoms with Gasteiger partial charge >= 0.3 is 5.97 Å². The Labute approximate surface area is 156 Å². The number of carboxylic acid groups (broad SMARTS) is 1. The SMILES string of the molecule is Cc1cc(S(=O)(=O)Nc2ccccc2Cc2ccccc2)sc1C(=O)O. The number of anilines is 1. The summed E-state index contributed by atoms with van der Waals surface area (Å²) < 4.78 is 28.0. The van der Waals surface area contributed by atoms with E-state index >= 15 is 0 Å². The van der Waals surface area contributed by atoms with E-state index in [1.54, 1.807) is 19.1 Å². The van der Waals surface area contributed by atoms with Crippen molar-refractivity contribution < 1.29 is 18.3 Å². The second-order valence-corrected chi connectivity index (χ2v) is 8.77. The molecule has 0 unspecified atom stereocenters. The zero-order valence-electron chi connectivity index (χ0n) is 14.0. The van der Waals surface area contributed by atoms with Gasteiger partial charge in [-0.1, -0.05) is 48.5 Å². The van der Waals surface area contributed by atoms with Crippen molar-refractivity contribution in [2.45, 2.75) is 17.6 Å². The highest BCUT2D eigenvalue weighted by molar-refractivity contribution is 7.94. The number of hydrogen-bond acceptors (Lipinski definition) is 4. The van der Waals surface area contributed by atoms with Crippen molar-refractivity contribution in [2.75, 3.05) is 4.72 Å². The molecule has 3 rings (SSSR count). The van der Waals surface area contributed by atoms with Crippen LogP contribution in [0.15, 0.2) is 64.9 Å². The van der Waals surface area contributed by atoms with Crippen LogP contribution in [0.5, 0.6) is 0 Å². The highest BCUT2D eigenvalue weighted by Gasteiger charge is 2.22. The van der Waals surface area contributed by atoms with Crippen LogP contribution < -0.4 is 4.72 Å². The third-order valence-corrected chi connectivity index (χ3v) is 6.92. The molecule has 1 heterocycles. The van der Waals surface area contributed by atoms with Crippen LogP contribution in [0, 0.1) is 6.92 Å². The maximum Gasteiger partial charge on any atom is 0.346 e. The van der Waals surface area contributed by atoms with Crippen molar-refractivity contribution in [1.82, 2.24) is 0 Å². The summed E-state index contributed by atoms with van der Waals surface area (Å²) in [6.45, 7) is 1.59. The second-order valence-electron chi connectivity index (χ2n) is 5.81. The maximum atomic E-state index is 12.7. The fourth-order valence-corrected chi connectivity index (χ4v) is 5.06. The van der Waals surface area contributed by atoms with Gasteiger partial charge in [0.05, 0.1) is 5.69 Å². The quantitative estimate of drug-likeness (QED) is 0.666. The number of nitrogens with one attached hydrogen (secondary N) is 1. The molecule has 0 bridgehead atoms. The third-order valence-electron chi connectivity index (χ3n) is 3.85. The van der Waals surface area contributed by atoms with Gasteiger partial charge in [0, 0.05) is 0 Å². The average Bonchev–Trinajstić information content (AvgIpc) is 3.00. The number of para-hydroxylation sites is 1. The molecule has 134 valence electrons. The number of aryl methyl sites for hydroxylation is 1. The summed E-state index contributed by atoms with van der Waals surface area (Å²) in [5, 5.41) is 9.14. The Morgan fingerprint density at radius 1 is 1.08 bits per heavy atom. The standard InChI is InChI=1S/C19H17NO4S2/c1-13-11-17(25-18(13)19(21)22)26(23,24)20-16-10-6-5-9-15(16)12-14-7-3-2-4-8-14/h2-11,20H,12H2,1H3,(H,21,22). The Hall–Kier alpha value is -2.64. The summed E-state index contributed by atoms with van der Waals surface area (Å²) in [6.07, 6.45) is 0.587. The molecule has 0 aliphatic rings. The summed E-state index contributed by atoms with van der Waals surface area (Å²) in [4.78, 5) is 11.2. The highest BCUT2D eigenvalue weighted by Crippen LogP contribution is 2.29. The first-order valence-corrected chi connectivity index (χ1v) is 10.1. The van der Waals surface area contributed by atoms with Gasteiger partial charge in [0.2, 0.25) is 0 Å². The molecule has 1 aromatic heterocycles. The molecule has 3 aromatic rings. The minimum absolute atomic E-state index is 0.0121. The van der Waals surface area contributed by atoms with Gasteiger partial charge < -0.3 is 5.11 Å². The Morgan fingerprint density at radius 2 is 1.73 bits per heavy atom. The molecule has 0 saturated heterocycles. The fraction of sp³-hybridized carbons (Fsp3) is 0.105. The van der Waals surface area contributed by atoms with E-state index in [0.717, 1.165) is 22.5 Å². The van der Waals surface area contributed by atoms with Gasteiger partial charge in [-0.3, -0.25) is 4.72 Å². The maximum absolute atomic E-state index is 12.7. The Kier molecular flexibility index (Phi) is 5.11. The molecule has 0 saturated carbocycles. The molecule has 0 radical (unpaired) electrons. The lowest BCUT2D eigenvalue weighted by molar-refractivity contribution is 0.0701. The molecule has 0 spiro atoms. The fourth-order valence-electron chi connectivity index (χ4n) is 2.58. The van der Waals surface area contributed by atoms with E-state index < -0.39 is 16.0 Å². The van der Waals surface area contributed by atoms with Crippen molar-refractivity contribution in [3.8, 4) is 0 Å². The lowest BCUT2D eigenvalue weighted by Crippen LogP contribution is -2.13. The van der Waals surface area contributed by atoms with Gasteiger partial charge in [-0.05, 0) is 42.2 Å². The Bertz CT molecular complexity index is 1040. The summed E-state index contributed by atoms with van der Waals surface area (Å²) >= 11 is 0.754. The molecule has 0 fully saturated rings. The number of thiophene rings is 1. The van der Waals surface area contributed by atoms with E-state index in [0.29, 0.717) is 17.7 Å². The van der Waals surface area contributed by atoms with Crippen molar-refractivity contribution >= 4 is 33.0 Å². The van der Waals surface area contributed by atoms with Gasteiger partial charge in [0.1, 0.15) is 9.09 Å². The lowest BCUT2D eigenvalue weighted by atomic mass is 10.0. The second kappa shape index (κ2) is 7.31. The molecular formula is C19H17NO4S2. The van der Waals surface area contributed by atoms with Crippen LogP contribution >= 0.6 is 11.3 Å². The van der Waals surface area contributed by atoms with Crippen LogP contribution in [0.2, 0.25) is 0 Å². The number of hydrogen-bond donors (Lipinski definition) is 2. The zero-order chi connectivity index (χ0) is 18.7. The predicted molar refractivity (Wildman–Crippen MR) is 103 cm³/mol. The summed E-state index contributed by atoms with van der Waals surface area (Å²) in [5.41, 5.74) is 2.83. The highest BCUT2D eigenvalue weighted by atomic mass is 32.2. The molecular weight excluding hydrogens is 370 g/mol. The van der Waals surface area contributed by atoms with Crippen molar-refractivity contribution in [3.05, 3.63) is 82.2 Å². The third kappa shape index (κ3) is 3.95. The monoisotopic (exact) mass is 387 g/mol. The zero-order valence-corrected chi connectivity index (χ0v) is 15.6. The molecule has 26 heavy (non-hydrogen) atoms. The minimum Gasteiger partial charge on any atom is -0.477 e. The van der Waals surface area contributed by atoms with Crippen LogP contribution in [-0.4, -0.2) is 19.5 Å². The van der Waals surface area contributed by atoms with Crippen LogP contribution in [-0.2, 0) is 16.4 Å². The summed E-state index contributed by atoms with van der Waals surface area (Å²) in [5.74, 6) is -1.13. The molecule has 2 aromatic carbocycles. The molecule has 7 heteroatoms. The van der Waals surface area contributed by atoms with E-state index in [1.165, 1.54) is 6.07 Å². The first-order chi connectivity index (χ1) is 12.4. The molecule has 5 nitrogen and oxygen atoms in total. The van der Waals surface area contributed by atoms with Gasteiger partial charge in [-0.15, -0.1) is 11.3 Å². The smallest absolute Gasteiger partial charge is 0.346 e. The van der Waals surface area contributed by atoms with Crippen LogP contribution in [0.4, 0.5) is 5.69 Å². The van der Waals surface area contributed by atoms with Gasteiger partial charge in [-0.2, -0.15) is 0 Å². The first kappa shape index (κ1) is 18.2. The Morgan fingerprint density at radius 3 is 2.38 bits per heavy atom. The van der Waals surface area contributed by atoms with Gasteiger partial charge in [0.15, 0.2) is 0 Å². The van der Waals surface area contributed by atoms with Crippen LogP contribution in [0.3, 0.4) is 0 Å². The molecule has 0 aliphatic carbocycles. The van der Waals surface area contributed by atoms with E-state index in [1.807, 2.05) is 42.5 Å². The van der Waals surface area contributed by atoms with Crippen molar-refractivity contribution in [1.29, 1.82) is 0 Å². The largest absolute Gasteiger partial charge is 0.477 e. The van der Waals surface area contributed by atoms with Crippen molar-refractivity contribution in [2.24, 2.45) is 0 Å². The normalized spacial score (nSPS) is 11.3. The van der Waals surface area contributed by atoms with Gasteiger partial charge in [-0.25, -0.2) is 13.2 Å². The number of carbonyl (C=O) groups is 1. The van der Waals surface area contributed by atoms with Crippen LogP contribution in [0.25, 0.3) is 0 Å². The molecule has 0 amide bonds. The number of benzene rings is 2. The molecule has 0 atom stereocenters. The van der Waals surface area contributed by atoms with E-state index in [2.05, 4.69) is 4.72 Å². The lowest BCUT2D eigenvalue weighted by Gasteiger charge is -2.12. The summed E-state index contributed by atoms with van der Waals surface area (Å²) in [7, 11) is -3.86. The predicted octanol–water partition coefficient (Wildman–Crippen LogP) is 4.15. The first-order valence-electron chi connectivity index (χ1n) is 7.85. The minimum atomic E-state index is -3.86. The number of sulfonamides is 1. The van der Waals surface area contributed by atoms with E-state index in [9.17, 15) is 13.2 Å². The topological polar surface area (TPSA) is 83.5 Å². The number of aromatic carboxylic acids is 1. The van der Waals surface area contributed by atoms with Gasteiger partial charge in [0.25, 0.3) is 10.0 Å². The Balaban J connectivity index is 1.91. The summed E-state index contributed by atoms with van der Waals surface area (Å²) in [6, 6.07) is 18.3. The van der Waals surface area contributed by atoms with Crippen LogP contribution in [0.1, 0.15) is 26.4 Å². The average molecular weight is 387 g/mol.